The van der Waals surface area contributed by atoms with Gasteiger partial charge in [-0.3, -0.25) is 9.59 Å². The van der Waals surface area contributed by atoms with Crippen LogP contribution in [0.4, 0.5) is 0 Å². The fourth-order valence-corrected chi connectivity index (χ4v) is 2.33. The normalized spacial score (nSPS) is 10.5. The van der Waals surface area contributed by atoms with E-state index in [1.807, 2.05) is 0 Å². The molecule has 0 aliphatic heterocycles. The number of unbranched alkanes of at least 4 members (excludes halogenated alkanes) is 8. The monoisotopic (exact) mass is 368 g/mol. The van der Waals surface area contributed by atoms with Gasteiger partial charge in [0.25, 0.3) is 0 Å². The summed E-state index contributed by atoms with van der Waals surface area (Å²) >= 11 is 5.87. The van der Waals surface area contributed by atoms with Crippen LogP contribution in [0.5, 0.6) is 0 Å². The first-order valence-electron chi connectivity index (χ1n) is 6.49. The van der Waals surface area contributed by atoms with Crippen molar-refractivity contribution in [1.29, 1.82) is 0 Å². The van der Waals surface area contributed by atoms with Crippen LogP contribution in [0.3, 0.4) is 0 Å². The van der Waals surface area contributed by atoms with E-state index < -0.39 is 0 Å². The zero-order valence-corrected chi connectivity index (χ0v) is 13.5. The Bertz CT molecular complexity index is 195. The summed E-state index contributed by atoms with van der Waals surface area (Å²) in [6.45, 7) is 0. The van der Waals surface area contributed by atoms with Gasteiger partial charge < -0.3 is 0 Å². The molecule has 17 heavy (non-hydrogen) atoms. The van der Waals surface area contributed by atoms with Crippen LogP contribution in [0.25, 0.3) is 0 Å². The molecule has 2 nitrogen and oxygen atoms in total. The van der Waals surface area contributed by atoms with Crippen molar-refractivity contribution in [1.82, 2.24) is 0 Å². The van der Waals surface area contributed by atoms with Gasteiger partial charge >= 0.3 is 0 Å². The fourth-order valence-electron chi connectivity index (χ4n) is 1.77. The van der Waals surface area contributed by atoms with Gasteiger partial charge in [0.1, 0.15) is 0 Å². The van der Waals surface area contributed by atoms with Crippen molar-refractivity contribution in [3.63, 3.8) is 0 Å². The second-order valence-electron chi connectivity index (χ2n) is 4.39. The Hall–Kier alpha value is 0.300. The van der Waals surface area contributed by atoms with E-state index >= 15 is 0 Å². The van der Waals surface area contributed by atoms with Crippen LogP contribution in [-0.2, 0) is 9.59 Å². The van der Waals surface area contributed by atoms with Crippen molar-refractivity contribution < 1.29 is 9.59 Å². The maximum atomic E-state index is 10.6. The van der Waals surface area contributed by atoms with Crippen molar-refractivity contribution in [2.24, 2.45) is 0 Å². The fraction of sp³-hybridized carbons (Fsp3) is 0.846. The van der Waals surface area contributed by atoms with Crippen molar-refractivity contribution in [3.05, 3.63) is 0 Å². The van der Waals surface area contributed by atoms with Crippen LogP contribution < -0.4 is 0 Å². The predicted octanol–water partition coefficient (Wildman–Crippen LogP) is 5.12. The molecule has 0 aromatic carbocycles. The third kappa shape index (κ3) is 16.3. The lowest BCUT2D eigenvalue weighted by molar-refractivity contribution is -0.111. The van der Waals surface area contributed by atoms with Crippen LogP contribution in [0, 0.1) is 0 Å². The third-order valence-corrected chi connectivity index (χ3v) is 3.54. The summed E-state index contributed by atoms with van der Waals surface area (Å²) in [6, 6.07) is 0. The van der Waals surface area contributed by atoms with E-state index in [4.69, 9.17) is 0 Å². The molecule has 0 aliphatic rings. The Morgan fingerprint density at radius 1 is 0.529 bits per heavy atom. The largest absolute Gasteiger partial charge is 0.287 e. The Morgan fingerprint density at radius 3 is 1.00 bits per heavy atom. The van der Waals surface area contributed by atoms with Crippen molar-refractivity contribution in [2.45, 2.75) is 70.6 Å². The minimum atomic E-state index is 0.124. The summed E-state index contributed by atoms with van der Waals surface area (Å²) in [5.41, 5.74) is 0. The topological polar surface area (TPSA) is 34.1 Å². The molecule has 0 rings (SSSR count). The molecule has 0 aromatic heterocycles. The molecule has 0 N–H and O–H groups in total. The highest BCUT2D eigenvalue weighted by atomic mass is 79.9. The standard InChI is InChI=1S/C13H22Br2O2/c14-12(16)10-8-6-4-2-1-3-5-7-9-11-13(15)17/h1-11H2. The molecule has 0 saturated carbocycles. The van der Waals surface area contributed by atoms with Gasteiger partial charge in [0.05, 0.1) is 0 Å². The van der Waals surface area contributed by atoms with Gasteiger partial charge in [0.15, 0.2) is 9.39 Å². The SMILES string of the molecule is O=C(Br)CCCCCCCCCCCC(=O)Br. The van der Waals surface area contributed by atoms with Gasteiger partial charge in [-0.05, 0) is 44.7 Å². The van der Waals surface area contributed by atoms with Crippen LogP contribution in [-0.4, -0.2) is 9.39 Å². The second-order valence-corrected chi connectivity index (χ2v) is 6.16. The third-order valence-electron chi connectivity index (χ3n) is 2.75. The maximum Gasteiger partial charge on any atom is 0.197 e. The molecule has 0 saturated heterocycles. The number of halogens is 2. The highest BCUT2D eigenvalue weighted by Crippen LogP contribution is 2.12. The summed E-state index contributed by atoms with van der Waals surface area (Å²) in [5.74, 6) is 0. The average molecular weight is 370 g/mol. The lowest BCUT2D eigenvalue weighted by atomic mass is 10.1. The van der Waals surface area contributed by atoms with Crippen LogP contribution in [0.1, 0.15) is 70.6 Å². The van der Waals surface area contributed by atoms with Crippen LogP contribution in [0.2, 0.25) is 0 Å². The molecule has 0 spiro atoms. The first-order valence-corrected chi connectivity index (χ1v) is 8.08. The molecule has 0 unspecified atom stereocenters. The van der Waals surface area contributed by atoms with Crippen molar-refractivity contribution in [2.75, 3.05) is 0 Å². The van der Waals surface area contributed by atoms with Gasteiger partial charge in [0.2, 0.25) is 0 Å². The lowest BCUT2D eigenvalue weighted by Gasteiger charge is -2.01. The quantitative estimate of drug-likeness (QED) is 0.353. The Balaban J connectivity index is 2.98. The van der Waals surface area contributed by atoms with Gasteiger partial charge in [-0.2, -0.15) is 0 Å². The number of rotatable bonds is 12. The smallest absolute Gasteiger partial charge is 0.197 e. The maximum absolute atomic E-state index is 10.6. The molecule has 4 heteroatoms. The lowest BCUT2D eigenvalue weighted by Crippen LogP contribution is -1.87. The molecule has 0 radical (unpaired) electrons. The Morgan fingerprint density at radius 2 is 0.765 bits per heavy atom. The number of carbonyl (C=O) groups is 2. The van der Waals surface area contributed by atoms with E-state index in [1.165, 1.54) is 32.1 Å². The summed E-state index contributed by atoms with van der Waals surface area (Å²) in [7, 11) is 0. The van der Waals surface area contributed by atoms with Crippen molar-refractivity contribution >= 4 is 41.2 Å². The van der Waals surface area contributed by atoms with E-state index in [0.29, 0.717) is 12.8 Å². The number of hydrogen-bond donors (Lipinski definition) is 0. The zero-order valence-electron chi connectivity index (χ0n) is 10.4. The first kappa shape index (κ1) is 17.3. The molecule has 0 heterocycles. The number of hydrogen-bond acceptors (Lipinski definition) is 2. The van der Waals surface area contributed by atoms with Crippen LogP contribution in [0.15, 0.2) is 0 Å². The second kappa shape index (κ2) is 12.7. The Kier molecular flexibility index (Phi) is 13.0. The molecule has 0 fully saturated rings. The minimum Gasteiger partial charge on any atom is -0.287 e. The molecular weight excluding hydrogens is 348 g/mol. The zero-order chi connectivity index (χ0) is 12.9. The van der Waals surface area contributed by atoms with E-state index in [-0.39, 0.29) is 9.39 Å². The van der Waals surface area contributed by atoms with E-state index in [2.05, 4.69) is 31.9 Å². The van der Waals surface area contributed by atoms with E-state index in [9.17, 15) is 9.59 Å². The molecule has 0 aliphatic carbocycles. The van der Waals surface area contributed by atoms with Gasteiger partial charge in [-0.1, -0.05) is 44.9 Å². The van der Waals surface area contributed by atoms with Gasteiger partial charge in [-0.25, -0.2) is 0 Å². The summed E-state index contributed by atoms with van der Waals surface area (Å²) in [5, 5.41) is 0. The summed E-state index contributed by atoms with van der Waals surface area (Å²) < 4.78 is 0.248. The van der Waals surface area contributed by atoms with Crippen LogP contribution >= 0.6 is 31.9 Å². The average Bonchev–Trinajstić information content (AvgIpc) is 2.25. The first-order chi connectivity index (χ1) is 8.13. The highest BCUT2D eigenvalue weighted by molar-refractivity contribution is 9.18. The molecule has 0 amide bonds. The van der Waals surface area contributed by atoms with E-state index in [0.717, 1.165) is 25.7 Å². The molecule has 0 atom stereocenters. The molecule has 100 valence electrons. The predicted molar refractivity (Wildman–Crippen MR) is 78.7 cm³/mol. The van der Waals surface area contributed by atoms with Gasteiger partial charge in [-0.15, -0.1) is 0 Å². The number of carbonyl (C=O) groups excluding carboxylic acids is 2. The molecule has 0 aromatic rings. The minimum absolute atomic E-state index is 0.124. The summed E-state index contributed by atoms with van der Waals surface area (Å²) in [4.78, 5) is 21.2. The van der Waals surface area contributed by atoms with E-state index in [1.54, 1.807) is 0 Å². The highest BCUT2D eigenvalue weighted by Gasteiger charge is 1.97. The summed E-state index contributed by atoms with van der Waals surface area (Å²) in [6.07, 6.45) is 12.0. The molecular formula is C13H22Br2O2. The Labute approximate surface area is 121 Å². The van der Waals surface area contributed by atoms with Gasteiger partial charge in [0, 0.05) is 12.8 Å². The molecule has 0 bridgehead atoms. The van der Waals surface area contributed by atoms with Crippen molar-refractivity contribution in [3.8, 4) is 0 Å².